The molecule has 0 spiro atoms. The van der Waals surface area contributed by atoms with Gasteiger partial charge in [0.1, 0.15) is 0 Å². The molecule has 19 heavy (non-hydrogen) atoms. The van der Waals surface area contributed by atoms with Crippen LogP contribution in [0.2, 0.25) is 0 Å². The predicted octanol–water partition coefficient (Wildman–Crippen LogP) is 3.92. The Labute approximate surface area is 114 Å². The number of pyridine rings is 1. The third-order valence-corrected chi connectivity index (χ3v) is 3.40. The number of hydrogen-bond acceptors (Lipinski definition) is 2. The van der Waals surface area contributed by atoms with Gasteiger partial charge in [-0.15, -0.1) is 0 Å². The third kappa shape index (κ3) is 2.92. The molecule has 0 aliphatic rings. The van der Waals surface area contributed by atoms with Gasteiger partial charge in [-0.3, -0.25) is 9.78 Å². The molecule has 0 saturated heterocycles. The number of carbonyl (C=O) groups is 1. The maximum atomic E-state index is 12.1. The average molecular weight is 256 g/mol. The minimum Gasteiger partial charge on any atom is -0.325 e. The molecule has 1 amide bonds. The molecule has 1 heterocycles. The van der Waals surface area contributed by atoms with Crippen LogP contribution in [0.5, 0.6) is 0 Å². The summed E-state index contributed by atoms with van der Waals surface area (Å²) in [5, 5.41) is 4.02. The van der Waals surface area contributed by atoms with E-state index in [1.165, 1.54) is 0 Å². The van der Waals surface area contributed by atoms with Gasteiger partial charge in [0.25, 0.3) is 0 Å². The number of amides is 1. The second kappa shape index (κ2) is 5.83. The molecule has 1 atom stereocenters. The zero-order chi connectivity index (χ0) is 13.8. The lowest BCUT2D eigenvalue weighted by Gasteiger charge is -2.13. The standard InChI is InChI=1S/C16H20N2O/c1-4-6-12(3)16(19)18-14-9-8-11(2)15-13(14)7-5-10-17-15/h5,7-10,12H,4,6H2,1-3H3,(H,18,19). The molecule has 0 bridgehead atoms. The van der Waals surface area contributed by atoms with Gasteiger partial charge in [0.05, 0.1) is 11.2 Å². The Balaban J connectivity index is 2.31. The number of hydrogen-bond donors (Lipinski definition) is 1. The highest BCUT2D eigenvalue weighted by Crippen LogP contribution is 2.25. The van der Waals surface area contributed by atoms with Crippen LogP contribution in [0.15, 0.2) is 30.5 Å². The normalized spacial score (nSPS) is 12.4. The Bertz CT molecular complexity index is 592. The van der Waals surface area contributed by atoms with Crippen molar-refractivity contribution in [3.8, 4) is 0 Å². The van der Waals surface area contributed by atoms with E-state index in [-0.39, 0.29) is 11.8 Å². The van der Waals surface area contributed by atoms with Crippen molar-refractivity contribution in [2.75, 3.05) is 5.32 Å². The van der Waals surface area contributed by atoms with Gasteiger partial charge in [0.15, 0.2) is 0 Å². The Morgan fingerprint density at radius 2 is 2.16 bits per heavy atom. The largest absolute Gasteiger partial charge is 0.325 e. The summed E-state index contributed by atoms with van der Waals surface area (Å²) < 4.78 is 0. The highest BCUT2D eigenvalue weighted by molar-refractivity contribution is 6.02. The van der Waals surface area contributed by atoms with E-state index in [0.29, 0.717) is 0 Å². The van der Waals surface area contributed by atoms with E-state index < -0.39 is 0 Å². The summed E-state index contributed by atoms with van der Waals surface area (Å²) in [5.41, 5.74) is 2.92. The number of fused-ring (bicyclic) bond motifs is 1. The summed E-state index contributed by atoms with van der Waals surface area (Å²) in [6.07, 6.45) is 3.71. The van der Waals surface area contributed by atoms with E-state index in [9.17, 15) is 4.79 Å². The lowest BCUT2D eigenvalue weighted by atomic mass is 10.0. The third-order valence-electron chi connectivity index (χ3n) is 3.40. The van der Waals surface area contributed by atoms with E-state index in [1.54, 1.807) is 6.20 Å². The van der Waals surface area contributed by atoms with Gasteiger partial charge < -0.3 is 5.32 Å². The first-order valence-corrected chi connectivity index (χ1v) is 6.78. The molecular weight excluding hydrogens is 236 g/mol. The van der Waals surface area contributed by atoms with Gasteiger partial charge in [-0.1, -0.05) is 26.3 Å². The van der Waals surface area contributed by atoms with Crippen LogP contribution >= 0.6 is 0 Å². The second-order valence-electron chi connectivity index (χ2n) is 5.01. The smallest absolute Gasteiger partial charge is 0.227 e. The molecule has 1 unspecified atom stereocenters. The summed E-state index contributed by atoms with van der Waals surface area (Å²) in [5.74, 6) is 0.119. The van der Waals surface area contributed by atoms with Gasteiger partial charge in [-0.05, 0) is 37.1 Å². The molecule has 0 saturated carbocycles. The number of aromatic nitrogens is 1. The molecule has 3 nitrogen and oxygen atoms in total. The lowest BCUT2D eigenvalue weighted by Crippen LogP contribution is -2.20. The monoisotopic (exact) mass is 256 g/mol. The molecule has 0 fully saturated rings. The van der Waals surface area contributed by atoms with Crippen molar-refractivity contribution in [3.05, 3.63) is 36.0 Å². The fourth-order valence-electron chi connectivity index (χ4n) is 2.24. The van der Waals surface area contributed by atoms with Crippen molar-refractivity contribution >= 4 is 22.5 Å². The van der Waals surface area contributed by atoms with Crippen LogP contribution in [0, 0.1) is 12.8 Å². The van der Waals surface area contributed by atoms with Crippen molar-refractivity contribution in [2.45, 2.75) is 33.6 Å². The van der Waals surface area contributed by atoms with Crippen molar-refractivity contribution in [2.24, 2.45) is 5.92 Å². The fourth-order valence-corrected chi connectivity index (χ4v) is 2.24. The molecular formula is C16H20N2O. The first kappa shape index (κ1) is 13.5. The van der Waals surface area contributed by atoms with Crippen molar-refractivity contribution in [3.63, 3.8) is 0 Å². The first-order valence-electron chi connectivity index (χ1n) is 6.78. The van der Waals surface area contributed by atoms with Crippen LogP contribution in [0.4, 0.5) is 5.69 Å². The maximum absolute atomic E-state index is 12.1. The molecule has 0 radical (unpaired) electrons. The molecule has 2 rings (SSSR count). The van der Waals surface area contributed by atoms with Crippen LogP contribution in [0.3, 0.4) is 0 Å². The summed E-state index contributed by atoms with van der Waals surface area (Å²) in [6, 6.07) is 7.84. The topological polar surface area (TPSA) is 42.0 Å². The maximum Gasteiger partial charge on any atom is 0.227 e. The Morgan fingerprint density at radius 1 is 1.37 bits per heavy atom. The highest BCUT2D eigenvalue weighted by atomic mass is 16.1. The minimum atomic E-state index is 0.0398. The zero-order valence-electron chi connectivity index (χ0n) is 11.7. The zero-order valence-corrected chi connectivity index (χ0v) is 11.7. The summed E-state index contributed by atoms with van der Waals surface area (Å²) in [6.45, 7) is 6.09. The predicted molar refractivity (Wildman–Crippen MR) is 79.2 cm³/mol. The van der Waals surface area contributed by atoms with Crippen LogP contribution in [-0.4, -0.2) is 10.9 Å². The van der Waals surface area contributed by atoms with E-state index in [4.69, 9.17) is 0 Å². The molecule has 0 aliphatic carbocycles. The number of carbonyl (C=O) groups excluding carboxylic acids is 1. The number of rotatable bonds is 4. The summed E-state index contributed by atoms with van der Waals surface area (Å²) in [4.78, 5) is 16.5. The van der Waals surface area contributed by atoms with Crippen LogP contribution in [0.1, 0.15) is 32.3 Å². The van der Waals surface area contributed by atoms with Crippen molar-refractivity contribution in [1.82, 2.24) is 4.98 Å². The van der Waals surface area contributed by atoms with E-state index in [0.717, 1.165) is 35.0 Å². The summed E-state index contributed by atoms with van der Waals surface area (Å²) >= 11 is 0. The van der Waals surface area contributed by atoms with E-state index in [2.05, 4.69) is 17.2 Å². The van der Waals surface area contributed by atoms with Gasteiger partial charge >= 0.3 is 0 Å². The quantitative estimate of drug-likeness (QED) is 0.901. The molecule has 1 N–H and O–H groups in total. The Hall–Kier alpha value is -1.90. The number of nitrogens with zero attached hydrogens (tertiary/aromatic N) is 1. The molecule has 2 aromatic rings. The first-order chi connectivity index (χ1) is 9.13. The second-order valence-corrected chi connectivity index (χ2v) is 5.01. The fraction of sp³-hybridized carbons (Fsp3) is 0.375. The number of benzene rings is 1. The molecule has 100 valence electrons. The van der Waals surface area contributed by atoms with Gasteiger partial charge in [0.2, 0.25) is 5.91 Å². The van der Waals surface area contributed by atoms with Crippen LogP contribution in [-0.2, 0) is 4.79 Å². The van der Waals surface area contributed by atoms with Crippen LogP contribution < -0.4 is 5.32 Å². The van der Waals surface area contributed by atoms with E-state index in [1.807, 2.05) is 38.1 Å². The lowest BCUT2D eigenvalue weighted by molar-refractivity contribution is -0.119. The van der Waals surface area contributed by atoms with Gasteiger partial charge in [-0.2, -0.15) is 0 Å². The van der Waals surface area contributed by atoms with Crippen molar-refractivity contribution < 1.29 is 4.79 Å². The SMILES string of the molecule is CCCC(C)C(=O)Nc1ccc(C)c2ncccc12. The average Bonchev–Trinajstić information content (AvgIpc) is 2.42. The van der Waals surface area contributed by atoms with Gasteiger partial charge in [-0.25, -0.2) is 0 Å². The van der Waals surface area contributed by atoms with Crippen LogP contribution in [0.25, 0.3) is 10.9 Å². The van der Waals surface area contributed by atoms with Gasteiger partial charge in [0, 0.05) is 17.5 Å². The van der Waals surface area contributed by atoms with Crippen molar-refractivity contribution in [1.29, 1.82) is 0 Å². The number of nitrogens with one attached hydrogen (secondary N) is 1. The molecule has 1 aromatic carbocycles. The molecule has 3 heteroatoms. The van der Waals surface area contributed by atoms with E-state index >= 15 is 0 Å². The minimum absolute atomic E-state index is 0.0398. The Morgan fingerprint density at radius 3 is 2.89 bits per heavy atom. The highest BCUT2D eigenvalue weighted by Gasteiger charge is 2.13. The summed E-state index contributed by atoms with van der Waals surface area (Å²) in [7, 11) is 0. The number of anilines is 1. The Kier molecular flexibility index (Phi) is 4.15. The number of aryl methyl sites for hydroxylation is 1. The molecule has 1 aromatic heterocycles. The molecule has 0 aliphatic heterocycles.